The third-order valence-electron chi connectivity index (χ3n) is 11.1. The molecule has 11 rings (SSSR count). The molecular formula is C50H29N5. The Morgan fingerprint density at radius 2 is 0.891 bits per heavy atom. The number of benzene rings is 8. The van der Waals surface area contributed by atoms with Crippen LogP contribution in [0, 0.1) is 17.9 Å². The van der Waals surface area contributed by atoms with Gasteiger partial charge in [0.25, 0.3) is 0 Å². The highest BCUT2D eigenvalue weighted by Crippen LogP contribution is 2.39. The summed E-state index contributed by atoms with van der Waals surface area (Å²) in [7, 11) is 0. The summed E-state index contributed by atoms with van der Waals surface area (Å²) in [6.45, 7) is 7.57. The lowest BCUT2D eigenvalue weighted by molar-refractivity contribution is 1.16. The second-order valence-electron chi connectivity index (χ2n) is 14.0. The van der Waals surface area contributed by atoms with Gasteiger partial charge in [-0.25, -0.2) is 4.85 Å². The lowest BCUT2D eigenvalue weighted by Gasteiger charge is -2.14. The number of hydrogen-bond acceptors (Lipinski definition) is 1. The number of fused-ring (bicyclic) bond motifs is 9. The van der Waals surface area contributed by atoms with Gasteiger partial charge in [0, 0.05) is 38.3 Å². The minimum absolute atomic E-state index is 0.598. The van der Waals surface area contributed by atoms with Gasteiger partial charge in [0.15, 0.2) is 5.69 Å². The van der Waals surface area contributed by atoms with E-state index in [-0.39, 0.29) is 0 Å². The van der Waals surface area contributed by atoms with Crippen LogP contribution in [-0.2, 0) is 0 Å². The minimum atomic E-state index is 0.598. The molecule has 254 valence electrons. The fourth-order valence-corrected chi connectivity index (χ4v) is 8.69. The fraction of sp³-hybridized carbons (Fsp3) is 0. The lowest BCUT2D eigenvalue weighted by atomic mass is 10.0. The third kappa shape index (κ3) is 4.51. The summed E-state index contributed by atoms with van der Waals surface area (Å²) in [5.41, 5.74) is 12.7. The second kappa shape index (κ2) is 11.8. The SMILES string of the molecule is [C-]#[N+]c1ccc2c(c1)c1ccccc1n2-c1cccc(-c2ccc(-n3c4ccccc4c4cc(-n5c6ccccc6c6ccccc65)ccc43)c(C#N)c2)c1. The third-order valence-corrected chi connectivity index (χ3v) is 11.1. The van der Waals surface area contributed by atoms with Gasteiger partial charge in [0.1, 0.15) is 6.07 Å². The Morgan fingerprint density at radius 3 is 1.51 bits per heavy atom. The van der Waals surface area contributed by atoms with Crippen molar-refractivity contribution < 1.29 is 0 Å². The molecule has 0 saturated carbocycles. The molecule has 0 atom stereocenters. The van der Waals surface area contributed by atoms with E-state index in [9.17, 15) is 5.26 Å². The smallest absolute Gasteiger partial charge is 0.188 e. The first kappa shape index (κ1) is 30.7. The van der Waals surface area contributed by atoms with E-state index < -0.39 is 0 Å². The standard InChI is InChI=1S/C50H29N5/c1-52-35-22-25-49-42(29-35)40-15-4-8-19-47(40)53(49)36-12-10-11-32(28-36)33-21-24-44(34(27-33)31-51)55-48-20-9-5-16-41(48)43-30-37(23-26-50(43)55)54-45-17-6-2-13-38(45)39-14-3-7-18-46(39)54/h2-30H. The normalized spacial score (nSPS) is 11.6. The van der Waals surface area contributed by atoms with Crippen molar-refractivity contribution in [3.05, 3.63) is 193 Å². The van der Waals surface area contributed by atoms with Crippen LogP contribution in [0.4, 0.5) is 5.69 Å². The van der Waals surface area contributed by atoms with E-state index >= 15 is 0 Å². The van der Waals surface area contributed by atoms with Crippen LogP contribution in [0.15, 0.2) is 176 Å². The zero-order valence-corrected chi connectivity index (χ0v) is 29.5. The van der Waals surface area contributed by atoms with Crippen LogP contribution in [0.25, 0.3) is 98.5 Å². The second-order valence-corrected chi connectivity index (χ2v) is 14.0. The van der Waals surface area contributed by atoms with Gasteiger partial charge in [-0.1, -0.05) is 97.1 Å². The number of aromatic nitrogens is 3. The summed E-state index contributed by atoms with van der Waals surface area (Å²) in [6, 6.07) is 63.8. The van der Waals surface area contributed by atoms with Crippen LogP contribution >= 0.6 is 0 Å². The Morgan fingerprint density at radius 1 is 0.400 bits per heavy atom. The molecule has 0 aliphatic carbocycles. The van der Waals surface area contributed by atoms with Crippen molar-refractivity contribution >= 4 is 71.1 Å². The molecule has 5 nitrogen and oxygen atoms in total. The maximum atomic E-state index is 10.7. The van der Waals surface area contributed by atoms with Gasteiger partial charge >= 0.3 is 0 Å². The molecule has 0 saturated heterocycles. The number of hydrogen-bond donors (Lipinski definition) is 0. The van der Waals surface area contributed by atoms with Crippen molar-refractivity contribution in [1.82, 2.24) is 13.7 Å². The van der Waals surface area contributed by atoms with Crippen molar-refractivity contribution in [2.75, 3.05) is 0 Å². The number of para-hydroxylation sites is 4. The maximum Gasteiger partial charge on any atom is 0.188 e. The Balaban J connectivity index is 1.06. The van der Waals surface area contributed by atoms with Crippen molar-refractivity contribution in [1.29, 1.82) is 5.26 Å². The lowest BCUT2D eigenvalue weighted by Crippen LogP contribution is -1.99. The van der Waals surface area contributed by atoms with E-state index in [1.54, 1.807) is 0 Å². The summed E-state index contributed by atoms with van der Waals surface area (Å²) in [5, 5.41) is 17.6. The molecule has 0 N–H and O–H groups in total. The molecule has 0 spiro atoms. The van der Waals surface area contributed by atoms with E-state index in [1.165, 1.54) is 21.8 Å². The zero-order chi connectivity index (χ0) is 36.6. The molecule has 0 aliphatic heterocycles. The molecule has 8 aromatic carbocycles. The average molecular weight is 700 g/mol. The highest BCUT2D eigenvalue weighted by molar-refractivity contribution is 6.13. The fourth-order valence-electron chi connectivity index (χ4n) is 8.69. The Bertz CT molecular complexity index is 3420. The summed E-state index contributed by atoms with van der Waals surface area (Å²) in [6.07, 6.45) is 0. The summed E-state index contributed by atoms with van der Waals surface area (Å²) in [4.78, 5) is 3.68. The van der Waals surface area contributed by atoms with E-state index in [2.05, 4.69) is 170 Å². The molecule has 11 aromatic rings. The highest BCUT2D eigenvalue weighted by atomic mass is 15.0. The van der Waals surface area contributed by atoms with E-state index in [1.807, 2.05) is 30.3 Å². The van der Waals surface area contributed by atoms with Gasteiger partial charge in [-0.3, -0.25) is 0 Å². The van der Waals surface area contributed by atoms with Crippen LogP contribution in [-0.4, -0.2) is 13.7 Å². The van der Waals surface area contributed by atoms with Crippen LogP contribution < -0.4 is 0 Å². The largest absolute Gasteiger partial charge is 0.309 e. The molecule has 3 aromatic heterocycles. The molecule has 0 bridgehead atoms. The molecule has 0 radical (unpaired) electrons. The maximum absolute atomic E-state index is 10.7. The Hall–Kier alpha value is -7.86. The van der Waals surface area contributed by atoms with E-state index in [0.29, 0.717) is 11.3 Å². The number of nitrogens with zero attached hydrogens (tertiary/aromatic N) is 5. The Kier molecular flexibility index (Phi) is 6.61. The Labute approximate surface area is 316 Å². The van der Waals surface area contributed by atoms with Gasteiger partial charge in [-0.15, -0.1) is 0 Å². The molecule has 0 aliphatic rings. The van der Waals surface area contributed by atoms with Gasteiger partial charge in [-0.05, 0) is 95.4 Å². The van der Waals surface area contributed by atoms with Gasteiger partial charge in [-0.2, -0.15) is 5.26 Å². The predicted octanol–water partition coefficient (Wildman–Crippen LogP) is 13.1. The summed E-state index contributed by atoms with van der Waals surface area (Å²) < 4.78 is 6.84. The average Bonchev–Trinajstić information content (AvgIpc) is 3.88. The molecule has 0 amide bonds. The van der Waals surface area contributed by atoms with Crippen molar-refractivity contribution in [3.63, 3.8) is 0 Å². The van der Waals surface area contributed by atoms with Gasteiger partial charge in [0.2, 0.25) is 0 Å². The van der Waals surface area contributed by atoms with Gasteiger partial charge < -0.3 is 13.7 Å². The van der Waals surface area contributed by atoms with Crippen molar-refractivity contribution in [3.8, 4) is 34.3 Å². The highest BCUT2D eigenvalue weighted by Gasteiger charge is 2.19. The monoisotopic (exact) mass is 699 g/mol. The van der Waals surface area contributed by atoms with Crippen LogP contribution in [0.1, 0.15) is 5.56 Å². The zero-order valence-electron chi connectivity index (χ0n) is 29.5. The molecule has 0 fully saturated rings. The number of rotatable bonds is 4. The molecule has 3 heterocycles. The summed E-state index contributed by atoms with van der Waals surface area (Å²) >= 11 is 0. The van der Waals surface area contributed by atoms with E-state index in [0.717, 1.165) is 71.8 Å². The summed E-state index contributed by atoms with van der Waals surface area (Å²) in [5.74, 6) is 0. The first-order chi connectivity index (χ1) is 27.2. The topological polar surface area (TPSA) is 42.9 Å². The van der Waals surface area contributed by atoms with Crippen LogP contribution in [0.5, 0.6) is 0 Å². The number of nitriles is 1. The first-order valence-corrected chi connectivity index (χ1v) is 18.3. The molecule has 5 heteroatoms. The van der Waals surface area contributed by atoms with E-state index in [4.69, 9.17) is 6.57 Å². The predicted molar refractivity (Wildman–Crippen MR) is 226 cm³/mol. The minimum Gasteiger partial charge on any atom is -0.309 e. The van der Waals surface area contributed by atoms with Gasteiger partial charge in [0.05, 0.1) is 50.9 Å². The van der Waals surface area contributed by atoms with Crippen LogP contribution in [0.2, 0.25) is 0 Å². The molecule has 0 unspecified atom stereocenters. The first-order valence-electron chi connectivity index (χ1n) is 18.3. The molecular weight excluding hydrogens is 671 g/mol. The van der Waals surface area contributed by atoms with Crippen molar-refractivity contribution in [2.45, 2.75) is 0 Å². The van der Waals surface area contributed by atoms with Crippen molar-refractivity contribution in [2.24, 2.45) is 0 Å². The molecule has 55 heavy (non-hydrogen) atoms. The van der Waals surface area contributed by atoms with Crippen LogP contribution in [0.3, 0.4) is 0 Å². The quantitative estimate of drug-likeness (QED) is 0.169.